The SMILES string of the molecule is COC(=O)C1(NC(=O)c2ccc3c(c2)C[C@H](C)N3S(C)(=O)=O)CCCCC1. The lowest BCUT2D eigenvalue weighted by molar-refractivity contribution is -0.149. The Labute approximate surface area is 160 Å². The average molecular weight is 394 g/mol. The number of benzene rings is 1. The van der Waals surface area contributed by atoms with Gasteiger partial charge in [-0.15, -0.1) is 0 Å². The van der Waals surface area contributed by atoms with Crippen LogP contribution < -0.4 is 9.62 Å². The molecule has 148 valence electrons. The number of amides is 1. The monoisotopic (exact) mass is 394 g/mol. The summed E-state index contributed by atoms with van der Waals surface area (Å²) in [5.74, 6) is -0.746. The Morgan fingerprint density at radius 3 is 2.48 bits per heavy atom. The van der Waals surface area contributed by atoms with Gasteiger partial charge in [0, 0.05) is 11.6 Å². The predicted octanol–water partition coefficient (Wildman–Crippen LogP) is 2.00. The number of carbonyl (C=O) groups excluding carboxylic acids is 2. The molecule has 0 radical (unpaired) electrons. The van der Waals surface area contributed by atoms with E-state index in [1.54, 1.807) is 18.2 Å². The molecule has 1 aliphatic heterocycles. The molecule has 0 bridgehead atoms. The molecule has 0 spiro atoms. The molecule has 1 saturated carbocycles. The summed E-state index contributed by atoms with van der Waals surface area (Å²) >= 11 is 0. The number of nitrogens with one attached hydrogen (secondary N) is 1. The van der Waals surface area contributed by atoms with Gasteiger partial charge in [0.2, 0.25) is 10.0 Å². The Bertz CT molecular complexity index is 859. The number of methoxy groups -OCH3 is 1. The molecule has 1 N–H and O–H groups in total. The zero-order valence-corrected chi connectivity index (χ0v) is 16.8. The van der Waals surface area contributed by atoms with E-state index in [9.17, 15) is 18.0 Å². The zero-order chi connectivity index (χ0) is 19.8. The van der Waals surface area contributed by atoms with Gasteiger partial charge in [-0.05, 0) is 49.9 Å². The minimum Gasteiger partial charge on any atom is -0.467 e. The molecule has 1 aliphatic carbocycles. The fourth-order valence-electron chi connectivity index (χ4n) is 4.27. The molecule has 27 heavy (non-hydrogen) atoms. The van der Waals surface area contributed by atoms with Crippen molar-refractivity contribution in [1.29, 1.82) is 0 Å². The summed E-state index contributed by atoms with van der Waals surface area (Å²) in [6.45, 7) is 1.84. The van der Waals surface area contributed by atoms with Gasteiger partial charge in [-0.3, -0.25) is 9.10 Å². The molecular weight excluding hydrogens is 368 g/mol. The van der Waals surface area contributed by atoms with E-state index in [0.717, 1.165) is 24.8 Å². The minimum absolute atomic E-state index is 0.187. The van der Waals surface area contributed by atoms with Gasteiger partial charge in [0.25, 0.3) is 5.91 Å². The summed E-state index contributed by atoms with van der Waals surface area (Å²) in [5, 5.41) is 2.90. The molecule has 0 saturated heterocycles. The Morgan fingerprint density at radius 2 is 1.89 bits per heavy atom. The summed E-state index contributed by atoms with van der Waals surface area (Å²) in [6.07, 6.45) is 5.62. The van der Waals surface area contributed by atoms with Crippen LogP contribution in [0.25, 0.3) is 0 Å². The van der Waals surface area contributed by atoms with Crippen molar-refractivity contribution in [3.63, 3.8) is 0 Å². The van der Waals surface area contributed by atoms with Crippen molar-refractivity contribution < 1.29 is 22.7 Å². The van der Waals surface area contributed by atoms with Gasteiger partial charge in [-0.2, -0.15) is 0 Å². The van der Waals surface area contributed by atoms with E-state index >= 15 is 0 Å². The maximum atomic E-state index is 12.8. The molecule has 1 aromatic rings. The number of esters is 1. The smallest absolute Gasteiger partial charge is 0.331 e. The van der Waals surface area contributed by atoms with Gasteiger partial charge in [0.05, 0.1) is 19.1 Å². The number of anilines is 1. The first-order valence-corrected chi connectivity index (χ1v) is 11.1. The maximum absolute atomic E-state index is 12.8. The molecular formula is C19H26N2O5S. The van der Waals surface area contributed by atoms with Crippen LogP contribution in [0, 0.1) is 0 Å². The molecule has 1 heterocycles. The van der Waals surface area contributed by atoms with Gasteiger partial charge in [0.1, 0.15) is 5.54 Å². The van der Waals surface area contributed by atoms with Crippen LogP contribution in [0.5, 0.6) is 0 Å². The fourth-order valence-corrected chi connectivity index (χ4v) is 5.53. The summed E-state index contributed by atoms with van der Waals surface area (Å²) in [4.78, 5) is 25.2. The normalized spacial score (nSPS) is 21.4. The molecule has 1 atom stereocenters. The van der Waals surface area contributed by atoms with E-state index in [-0.39, 0.29) is 11.9 Å². The number of hydrogen-bond donors (Lipinski definition) is 1. The van der Waals surface area contributed by atoms with Crippen molar-refractivity contribution in [1.82, 2.24) is 5.32 Å². The molecule has 0 unspecified atom stereocenters. The molecule has 1 fully saturated rings. The number of hydrogen-bond acceptors (Lipinski definition) is 5. The highest BCUT2D eigenvalue weighted by Gasteiger charge is 2.42. The Balaban J connectivity index is 1.86. The number of ether oxygens (including phenoxy) is 1. The Kier molecular flexibility index (Phi) is 5.20. The quantitative estimate of drug-likeness (QED) is 0.789. The molecule has 3 rings (SSSR count). The summed E-state index contributed by atoms with van der Waals surface area (Å²) in [7, 11) is -2.04. The van der Waals surface area contributed by atoms with E-state index in [4.69, 9.17) is 4.74 Å². The first kappa shape index (κ1) is 19.7. The van der Waals surface area contributed by atoms with Crippen LogP contribution in [-0.2, 0) is 26.0 Å². The number of nitrogens with zero attached hydrogens (tertiary/aromatic N) is 1. The zero-order valence-electron chi connectivity index (χ0n) is 15.9. The van der Waals surface area contributed by atoms with Crippen LogP contribution in [-0.4, -0.2) is 45.2 Å². The Morgan fingerprint density at radius 1 is 1.22 bits per heavy atom. The summed E-state index contributed by atoms with van der Waals surface area (Å²) in [6, 6.07) is 4.81. The Hall–Kier alpha value is -2.09. The van der Waals surface area contributed by atoms with Gasteiger partial charge in [0.15, 0.2) is 0 Å². The summed E-state index contributed by atoms with van der Waals surface area (Å²) in [5.41, 5.74) is 0.873. The van der Waals surface area contributed by atoms with Crippen LogP contribution in [0.3, 0.4) is 0 Å². The summed E-state index contributed by atoms with van der Waals surface area (Å²) < 4.78 is 30.4. The van der Waals surface area contributed by atoms with Crippen LogP contribution in [0.2, 0.25) is 0 Å². The lowest BCUT2D eigenvalue weighted by Gasteiger charge is -2.35. The second-order valence-electron chi connectivity index (χ2n) is 7.54. The van der Waals surface area contributed by atoms with Crippen molar-refractivity contribution in [3.8, 4) is 0 Å². The van der Waals surface area contributed by atoms with Gasteiger partial charge in [-0.1, -0.05) is 19.3 Å². The molecule has 7 nitrogen and oxygen atoms in total. The number of sulfonamides is 1. The van der Waals surface area contributed by atoms with E-state index in [1.807, 2.05) is 6.92 Å². The number of rotatable bonds is 4. The number of fused-ring (bicyclic) bond motifs is 1. The second kappa shape index (κ2) is 7.14. The van der Waals surface area contributed by atoms with Crippen LogP contribution in [0.15, 0.2) is 18.2 Å². The number of carbonyl (C=O) groups is 2. The molecule has 8 heteroatoms. The van der Waals surface area contributed by atoms with E-state index in [2.05, 4.69) is 5.32 Å². The highest BCUT2D eigenvalue weighted by molar-refractivity contribution is 7.92. The predicted molar refractivity (Wildman–Crippen MR) is 102 cm³/mol. The van der Waals surface area contributed by atoms with Crippen LogP contribution in [0.4, 0.5) is 5.69 Å². The average Bonchev–Trinajstić information content (AvgIpc) is 2.96. The molecule has 2 aliphatic rings. The fraction of sp³-hybridized carbons (Fsp3) is 0.579. The van der Waals surface area contributed by atoms with Gasteiger partial charge >= 0.3 is 5.97 Å². The lowest BCUT2D eigenvalue weighted by Crippen LogP contribution is -2.56. The van der Waals surface area contributed by atoms with Crippen molar-refractivity contribution in [2.45, 2.75) is 57.0 Å². The van der Waals surface area contributed by atoms with Crippen molar-refractivity contribution >= 4 is 27.6 Å². The third-order valence-corrected chi connectivity index (χ3v) is 6.76. The van der Waals surface area contributed by atoms with E-state index < -0.39 is 21.5 Å². The van der Waals surface area contributed by atoms with Crippen LogP contribution >= 0.6 is 0 Å². The molecule has 1 amide bonds. The van der Waals surface area contributed by atoms with Gasteiger partial charge < -0.3 is 10.1 Å². The lowest BCUT2D eigenvalue weighted by atomic mass is 9.81. The highest BCUT2D eigenvalue weighted by Crippen LogP contribution is 2.35. The second-order valence-corrected chi connectivity index (χ2v) is 9.40. The van der Waals surface area contributed by atoms with Crippen molar-refractivity contribution in [2.75, 3.05) is 17.7 Å². The van der Waals surface area contributed by atoms with Crippen LogP contribution in [0.1, 0.15) is 54.9 Å². The van der Waals surface area contributed by atoms with Crippen molar-refractivity contribution in [3.05, 3.63) is 29.3 Å². The highest BCUT2D eigenvalue weighted by atomic mass is 32.2. The van der Waals surface area contributed by atoms with Crippen molar-refractivity contribution in [2.24, 2.45) is 0 Å². The molecule has 1 aromatic carbocycles. The minimum atomic E-state index is -3.37. The van der Waals surface area contributed by atoms with Gasteiger partial charge in [-0.25, -0.2) is 13.2 Å². The topological polar surface area (TPSA) is 92.8 Å². The third-order valence-electron chi connectivity index (χ3n) is 5.49. The van der Waals surface area contributed by atoms with E-state index in [0.29, 0.717) is 30.5 Å². The first-order chi connectivity index (χ1) is 12.7. The molecule has 0 aromatic heterocycles. The maximum Gasteiger partial charge on any atom is 0.331 e. The first-order valence-electron chi connectivity index (χ1n) is 9.21. The largest absolute Gasteiger partial charge is 0.467 e. The standard InChI is InChI=1S/C19H26N2O5S/c1-13-11-15-12-14(7-8-16(15)21(13)27(3,24)25)17(22)20-19(18(23)26-2)9-5-4-6-10-19/h7-8,12-13H,4-6,9-11H2,1-3H3,(H,20,22)/t13-/m0/s1. The van der Waals surface area contributed by atoms with E-state index in [1.165, 1.54) is 17.7 Å². The third kappa shape index (κ3) is 3.67.